The van der Waals surface area contributed by atoms with Gasteiger partial charge >= 0.3 is 0 Å². The zero-order chi connectivity index (χ0) is 22.5. The molecule has 0 bridgehead atoms. The number of benzene rings is 2. The molecule has 2 heterocycles. The Morgan fingerprint density at radius 1 is 1.09 bits per heavy atom. The van der Waals surface area contributed by atoms with Crippen molar-refractivity contribution in [3.05, 3.63) is 95.6 Å². The van der Waals surface area contributed by atoms with Gasteiger partial charge in [0, 0.05) is 30.8 Å². The Morgan fingerprint density at radius 2 is 1.91 bits per heavy atom. The average Bonchev–Trinajstić information content (AvgIpc) is 3.28. The highest BCUT2D eigenvalue weighted by Gasteiger charge is 2.40. The van der Waals surface area contributed by atoms with E-state index in [1.165, 1.54) is 12.1 Å². The first-order valence-corrected chi connectivity index (χ1v) is 10.4. The third-order valence-electron chi connectivity index (χ3n) is 5.73. The Hall–Kier alpha value is -3.74. The van der Waals surface area contributed by atoms with Crippen LogP contribution >= 0.6 is 0 Å². The van der Waals surface area contributed by atoms with Gasteiger partial charge in [-0.25, -0.2) is 4.39 Å². The molecule has 2 amide bonds. The molecule has 1 aliphatic heterocycles. The zero-order valence-electron chi connectivity index (χ0n) is 17.7. The molecule has 2 aromatic carbocycles. The lowest BCUT2D eigenvalue weighted by molar-refractivity contribution is -0.125. The number of hydrogen-bond acceptors (Lipinski definition) is 4. The molecule has 6 nitrogen and oxygen atoms in total. The van der Waals surface area contributed by atoms with Gasteiger partial charge in [0.25, 0.3) is 5.91 Å². The summed E-state index contributed by atoms with van der Waals surface area (Å²) in [6.45, 7) is 0.870. The number of carbonyl (C=O) groups is 2. The van der Waals surface area contributed by atoms with E-state index in [2.05, 4.69) is 10.3 Å². The van der Waals surface area contributed by atoms with Crippen LogP contribution in [0, 0.1) is 11.7 Å². The van der Waals surface area contributed by atoms with Gasteiger partial charge in [0.15, 0.2) is 0 Å². The van der Waals surface area contributed by atoms with Crippen molar-refractivity contribution < 1.29 is 18.7 Å². The Bertz CT molecular complexity index is 1090. The predicted molar refractivity (Wildman–Crippen MR) is 118 cm³/mol. The number of likely N-dealkylation sites (tertiary alicyclic amines) is 1. The van der Waals surface area contributed by atoms with Crippen molar-refractivity contribution >= 4 is 11.8 Å². The van der Waals surface area contributed by atoms with Crippen LogP contribution in [0.25, 0.3) is 0 Å². The van der Waals surface area contributed by atoms with Gasteiger partial charge in [-0.1, -0.05) is 18.2 Å². The highest BCUT2D eigenvalue weighted by molar-refractivity contribution is 5.95. The maximum absolute atomic E-state index is 13.9. The number of rotatable bonds is 6. The molecule has 0 spiro atoms. The highest BCUT2D eigenvalue weighted by atomic mass is 19.1. The number of amides is 2. The number of ether oxygens (including phenoxy) is 1. The van der Waals surface area contributed by atoms with Crippen molar-refractivity contribution in [1.82, 2.24) is 15.2 Å². The molecule has 164 valence electrons. The van der Waals surface area contributed by atoms with Gasteiger partial charge in [0.2, 0.25) is 5.91 Å². The number of halogens is 1. The largest absolute Gasteiger partial charge is 0.497 e. The first-order chi connectivity index (χ1) is 15.5. The SMILES string of the molecule is COc1ccc(C(=O)N2C[C@@H](C(=O)NCc3ccccn3)[C@H](c3cccc(F)c3)C2)cc1. The minimum absolute atomic E-state index is 0.172. The summed E-state index contributed by atoms with van der Waals surface area (Å²) in [6, 6.07) is 18.6. The summed E-state index contributed by atoms with van der Waals surface area (Å²) < 4.78 is 19.1. The summed E-state index contributed by atoms with van der Waals surface area (Å²) in [6.07, 6.45) is 1.67. The van der Waals surface area contributed by atoms with E-state index in [1.54, 1.807) is 54.6 Å². The van der Waals surface area contributed by atoms with Gasteiger partial charge in [-0.05, 0) is 54.1 Å². The first kappa shape index (κ1) is 21.5. The Morgan fingerprint density at radius 3 is 2.59 bits per heavy atom. The van der Waals surface area contributed by atoms with Crippen LogP contribution in [0.5, 0.6) is 5.75 Å². The molecule has 1 fully saturated rings. The van der Waals surface area contributed by atoms with Crippen molar-refractivity contribution in [2.75, 3.05) is 20.2 Å². The molecular formula is C25H24FN3O3. The zero-order valence-corrected chi connectivity index (χ0v) is 17.7. The standard InChI is InChI=1S/C25H24FN3O3/c1-32-21-10-8-17(9-11-21)25(31)29-15-22(18-5-4-6-19(26)13-18)23(16-29)24(30)28-14-20-7-2-3-12-27-20/h2-13,22-23H,14-16H2,1H3,(H,28,30)/t22-,23+/m0/s1. The maximum Gasteiger partial charge on any atom is 0.253 e. The number of pyridine rings is 1. The summed E-state index contributed by atoms with van der Waals surface area (Å²) in [5, 5.41) is 2.92. The fraction of sp³-hybridized carbons (Fsp3) is 0.240. The quantitative estimate of drug-likeness (QED) is 0.647. The van der Waals surface area contributed by atoms with Crippen LogP contribution in [0.2, 0.25) is 0 Å². The molecule has 2 atom stereocenters. The van der Waals surface area contributed by atoms with Crippen LogP contribution in [0.4, 0.5) is 4.39 Å². The summed E-state index contributed by atoms with van der Waals surface area (Å²) in [5.74, 6) is -0.870. The topological polar surface area (TPSA) is 71.5 Å². The smallest absolute Gasteiger partial charge is 0.253 e. The van der Waals surface area contributed by atoms with Crippen LogP contribution < -0.4 is 10.1 Å². The Labute approximate surface area is 186 Å². The van der Waals surface area contributed by atoms with Crippen LogP contribution in [-0.4, -0.2) is 41.9 Å². The molecule has 4 rings (SSSR count). The first-order valence-electron chi connectivity index (χ1n) is 10.4. The van der Waals surface area contributed by atoms with Gasteiger partial charge in [-0.3, -0.25) is 14.6 Å². The van der Waals surface area contributed by atoms with E-state index in [1.807, 2.05) is 18.2 Å². The van der Waals surface area contributed by atoms with Gasteiger partial charge in [-0.15, -0.1) is 0 Å². The van der Waals surface area contributed by atoms with Crippen LogP contribution in [0.1, 0.15) is 27.5 Å². The fourth-order valence-electron chi connectivity index (χ4n) is 4.04. The minimum Gasteiger partial charge on any atom is -0.497 e. The molecule has 0 unspecified atom stereocenters. The molecule has 32 heavy (non-hydrogen) atoms. The second-order valence-corrected chi connectivity index (χ2v) is 7.75. The van der Waals surface area contributed by atoms with Crippen molar-refractivity contribution in [3.8, 4) is 5.75 Å². The van der Waals surface area contributed by atoms with Gasteiger partial charge < -0.3 is 15.0 Å². The van der Waals surface area contributed by atoms with E-state index in [4.69, 9.17) is 4.74 Å². The van der Waals surface area contributed by atoms with E-state index in [0.29, 0.717) is 30.0 Å². The fourth-order valence-corrected chi connectivity index (χ4v) is 4.04. The number of nitrogens with zero attached hydrogens (tertiary/aromatic N) is 2. The van der Waals surface area contributed by atoms with E-state index >= 15 is 0 Å². The second kappa shape index (κ2) is 9.60. The summed E-state index contributed by atoms with van der Waals surface area (Å²) in [5.41, 5.74) is 1.96. The number of aromatic nitrogens is 1. The van der Waals surface area contributed by atoms with Crippen molar-refractivity contribution in [2.45, 2.75) is 12.5 Å². The lowest BCUT2D eigenvalue weighted by atomic mass is 9.88. The maximum atomic E-state index is 13.9. The Kier molecular flexibility index (Phi) is 6.44. The van der Waals surface area contributed by atoms with Crippen molar-refractivity contribution in [1.29, 1.82) is 0 Å². The Balaban J connectivity index is 1.54. The minimum atomic E-state index is -0.497. The monoisotopic (exact) mass is 433 g/mol. The lowest BCUT2D eigenvalue weighted by Gasteiger charge is -2.18. The molecule has 1 aromatic heterocycles. The number of nitrogens with one attached hydrogen (secondary N) is 1. The molecule has 0 radical (unpaired) electrons. The van der Waals surface area contributed by atoms with E-state index < -0.39 is 5.92 Å². The van der Waals surface area contributed by atoms with E-state index in [9.17, 15) is 14.0 Å². The normalized spacial score (nSPS) is 17.8. The van der Waals surface area contributed by atoms with Crippen LogP contribution in [0.3, 0.4) is 0 Å². The van der Waals surface area contributed by atoms with Gasteiger partial charge in [0.1, 0.15) is 11.6 Å². The van der Waals surface area contributed by atoms with Gasteiger partial charge in [-0.2, -0.15) is 0 Å². The van der Waals surface area contributed by atoms with E-state index in [-0.39, 0.29) is 30.1 Å². The predicted octanol–water partition coefficient (Wildman–Crippen LogP) is 3.40. The molecule has 1 saturated heterocycles. The molecule has 1 aliphatic rings. The third-order valence-corrected chi connectivity index (χ3v) is 5.73. The van der Waals surface area contributed by atoms with Crippen LogP contribution in [-0.2, 0) is 11.3 Å². The second-order valence-electron chi connectivity index (χ2n) is 7.75. The molecular weight excluding hydrogens is 409 g/mol. The average molecular weight is 433 g/mol. The summed E-state index contributed by atoms with van der Waals surface area (Å²) in [7, 11) is 1.56. The third kappa shape index (κ3) is 4.77. The van der Waals surface area contributed by atoms with Crippen LogP contribution in [0.15, 0.2) is 72.9 Å². The molecule has 3 aromatic rings. The van der Waals surface area contributed by atoms with Crippen molar-refractivity contribution in [3.63, 3.8) is 0 Å². The molecule has 7 heteroatoms. The molecule has 1 N–H and O–H groups in total. The summed E-state index contributed by atoms with van der Waals surface area (Å²) in [4.78, 5) is 32.1. The van der Waals surface area contributed by atoms with Crippen molar-refractivity contribution in [2.24, 2.45) is 5.92 Å². The number of methoxy groups -OCH3 is 1. The number of carbonyl (C=O) groups excluding carboxylic acids is 2. The molecule has 0 aliphatic carbocycles. The summed E-state index contributed by atoms with van der Waals surface area (Å²) >= 11 is 0. The molecule has 0 saturated carbocycles. The number of hydrogen-bond donors (Lipinski definition) is 1. The van der Waals surface area contributed by atoms with E-state index in [0.717, 1.165) is 5.69 Å². The van der Waals surface area contributed by atoms with Gasteiger partial charge in [0.05, 0.1) is 25.3 Å². The lowest BCUT2D eigenvalue weighted by Crippen LogP contribution is -2.35. The highest BCUT2D eigenvalue weighted by Crippen LogP contribution is 2.34.